The number of ether oxygens (including phenoxy) is 1. The second kappa shape index (κ2) is 10.9. The predicted molar refractivity (Wildman–Crippen MR) is 133 cm³/mol. The summed E-state index contributed by atoms with van der Waals surface area (Å²) in [5.41, 5.74) is -1.39. The number of carboxylic acids is 1. The molecule has 9 nitrogen and oxygen atoms in total. The van der Waals surface area contributed by atoms with Crippen LogP contribution in [0.25, 0.3) is 0 Å². The quantitative estimate of drug-likeness (QED) is 0.266. The minimum absolute atomic E-state index is 0.0105. The van der Waals surface area contributed by atoms with E-state index in [0.717, 1.165) is 18.4 Å². The molecule has 1 saturated heterocycles. The third-order valence-corrected chi connectivity index (χ3v) is 7.44. The lowest BCUT2D eigenvalue weighted by atomic mass is 9.50. The van der Waals surface area contributed by atoms with E-state index in [1.165, 1.54) is 11.8 Å². The molecule has 0 spiro atoms. The average molecular weight is 505 g/mol. The first-order chi connectivity index (χ1) is 16.8. The summed E-state index contributed by atoms with van der Waals surface area (Å²) < 4.78 is 5.08. The van der Waals surface area contributed by atoms with Crippen molar-refractivity contribution in [1.29, 1.82) is 0 Å². The van der Waals surface area contributed by atoms with Gasteiger partial charge in [-0.2, -0.15) is 0 Å². The molecule has 9 heteroatoms. The fraction of sp³-hybridized carbons (Fsp3) is 0.667. The molecule has 0 bridgehead atoms. The number of aliphatic hydroxyl groups is 2. The number of aliphatic hydroxyl groups excluding tert-OH is 1. The maximum atomic E-state index is 13.0. The fourth-order valence-corrected chi connectivity index (χ4v) is 6.31. The van der Waals surface area contributed by atoms with Crippen molar-refractivity contribution in [2.45, 2.75) is 95.5 Å². The molecule has 0 aromatic heterocycles. The van der Waals surface area contributed by atoms with Crippen LogP contribution in [0.5, 0.6) is 0 Å². The molecular weight excluding hydrogens is 464 g/mol. The predicted octanol–water partition coefficient (Wildman–Crippen LogP) is 2.19. The van der Waals surface area contributed by atoms with Gasteiger partial charge in [-0.15, -0.1) is 0 Å². The fourth-order valence-electron chi connectivity index (χ4n) is 6.31. The summed E-state index contributed by atoms with van der Waals surface area (Å²) >= 11 is 0. The van der Waals surface area contributed by atoms with Gasteiger partial charge in [0, 0.05) is 13.0 Å². The minimum atomic E-state index is -2.32. The number of rotatable bonds is 11. The van der Waals surface area contributed by atoms with Crippen LogP contribution in [0.2, 0.25) is 0 Å². The van der Waals surface area contributed by atoms with E-state index in [2.05, 4.69) is 19.2 Å². The highest BCUT2D eigenvalue weighted by Gasteiger charge is 2.52. The Morgan fingerprint density at radius 1 is 1.22 bits per heavy atom. The van der Waals surface area contributed by atoms with E-state index in [4.69, 9.17) is 4.74 Å². The molecule has 1 aromatic rings. The van der Waals surface area contributed by atoms with Gasteiger partial charge < -0.3 is 25.0 Å². The summed E-state index contributed by atoms with van der Waals surface area (Å²) in [6.07, 6.45) is 1.52. The molecule has 2 unspecified atom stereocenters. The number of carbonyl (C=O) groups is 3. The Labute approximate surface area is 212 Å². The molecule has 3 rings (SSSR count). The van der Waals surface area contributed by atoms with Crippen molar-refractivity contribution in [3.8, 4) is 0 Å². The SMILES string of the molecule is CCOC(=O)C(O)(CC(O)CC1(c2ccccc2)CC(C)(C)C1)N[C@@H](C)C(=O)N1CCC[C@H]1C(=O)O. The van der Waals surface area contributed by atoms with E-state index >= 15 is 0 Å². The van der Waals surface area contributed by atoms with Gasteiger partial charge >= 0.3 is 11.9 Å². The van der Waals surface area contributed by atoms with Crippen LogP contribution >= 0.6 is 0 Å². The summed E-state index contributed by atoms with van der Waals surface area (Å²) in [5, 5.41) is 34.6. The lowest BCUT2D eigenvalue weighted by molar-refractivity contribution is -0.176. The van der Waals surface area contributed by atoms with E-state index in [1.807, 2.05) is 30.3 Å². The summed E-state index contributed by atoms with van der Waals surface area (Å²) in [7, 11) is 0. The number of carbonyl (C=O) groups excluding carboxylic acids is 2. The Balaban J connectivity index is 1.76. The molecule has 1 heterocycles. The number of nitrogens with zero attached hydrogens (tertiary/aromatic N) is 1. The van der Waals surface area contributed by atoms with Crippen LogP contribution in [-0.4, -0.2) is 75.1 Å². The molecule has 36 heavy (non-hydrogen) atoms. The maximum Gasteiger partial charge on any atom is 0.353 e. The van der Waals surface area contributed by atoms with E-state index in [0.29, 0.717) is 19.3 Å². The van der Waals surface area contributed by atoms with Gasteiger partial charge in [0.15, 0.2) is 0 Å². The van der Waals surface area contributed by atoms with Gasteiger partial charge in [-0.3, -0.25) is 10.1 Å². The van der Waals surface area contributed by atoms with Crippen LogP contribution in [0.1, 0.15) is 71.8 Å². The van der Waals surface area contributed by atoms with E-state index in [9.17, 15) is 29.7 Å². The van der Waals surface area contributed by atoms with Crippen LogP contribution in [0.3, 0.4) is 0 Å². The Hall–Kier alpha value is -2.49. The number of aliphatic carboxylic acids is 1. The van der Waals surface area contributed by atoms with Crippen molar-refractivity contribution in [3.05, 3.63) is 35.9 Å². The van der Waals surface area contributed by atoms with Crippen molar-refractivity contribution in [3.63, 3.8) is 0 Å². The second-order valence-corrected chi connectivity index (χ2v) is 11.2. The summed E-state index contributed by atoms with van der Waals surface area (Å²) in [6, 6.07) is 7.92. The van der Waals surface area contributed by atoms with Crippen molar-refractivity contribution >= 4 is 17.8 Å². The molecular formula is C27H40N2O7. The summed E-state index contributed by atoms with van der Waals surface area (Å²) in [4.78, 5) is 38.6. The molecule has 2 aliphatic rings. The normalized spacial score (nSPS) is 23.7. The van der Waals surface area contributed by atoms with Crippen LogP contribution in [0.15, 0.2) is 30.3 Å². The van der Waals surface area contributed by atoms with E-state index in [-0.39, 0.29) is 30.4 Å². The minimum Gasteiger partial charge on any atom is -0.480 e. The van der Waals surface area contributed by atoms with Gasteiger partial charge in [0.05, 0.1) is 18.8 Å². The molecule has 1 amide bonds. The average Bonchev–Trinajstić information content (AvgIpc) is 3.28. The molecule has 1 saturated carbocycles. The van der Waals surface area contributed by atoms with Crippen molar-refractivity contribution in [1.82, 2.24) is 10.2 Å². The number of hydrogen-bond acceptors (Lipinski definition) is 7. The Kier molecular flexibility index (Phi) is 8.48. The molecule has 1 aromatic carbocycles. The number of esters is 1. The number of nitrogens with one attached hydrogen (secondary N) is 1. The number of amides is 1. The Bertz CT molecular complexity index is 943. The molecule has 4 atom stereocenters. The topological polar surface area (TPSA) is 136 Å². The Morgan fingerprint density at radius 2 is 1.86 bits per heavy atom. The van der Waals surface area contributed by atoms with Crippen molar-refractivity contribution in [2.75, 3.05) is 13.2 Å². The first-order valence-electron chi connectivity index (χ1n) is 12.8. The number of carboxylic acid groups (broad SMARTS) is 1. The highest BCUT2D eigenvalue weighted by atomic mass is 16.6. The zero-order chi connectivity index (χ0) is 26.7. The number of likely N-dealkylation sites (tertiary alicyclic amines) is 1. The van der Waals surface area contributed by atoms with Gasteiger partial charge in [0.1, 0.15) is 6.04 Å². The molecule has 1 aliphatic heterocycles. The highest BCUT2D eigenvalue weighted by molar-refractivity contribution is 5.88. The number of hydrogen-bond donors (Lipinski definition) is 4. The van der Waals surface area contributed by atoms with E-state index < -0.39 is 41.8 Å². The third-order valence-electron chi connectivity index (χ3n) is 7.44. The maximum absolute atomic E-state index is 13.0. The third kappa shape index (κ3) is 6.07. The van der Waals surface area contributed by atoms with Crippen LogP contribution in [0.4, 0.5) is 0 Å². The monoisotopic (exact) mass is 504 g/mol. The van der Waals surface area contributed by atoms with Crippen molar-refractivity contribution in [2.24, 2.45) is 5.41 Å². The van der Waals surface area contributed by atoms with Gasteiger partial charge in [-0.25, -0.2) is 9.59 Å². The smallest absolute Gasteiger partial charge is 0.353 e. The molecule has 0 radical (unpaired) electrons. The van der Waals surface area contributed by atoms with Crippen LogP contribution in [0, 0.1) is 5.41 Å². The Morgan fingerprint density at radius 3 is 2.42 bits per heavy atom. The van der Waals surface area contributed by atoms with Crippen molar-refractivity contribution < 1.29 is 34.4 Å². The highest BCUT2D eigenvalue weighted by Crippen LogP contribution is 2.57. The zero-order valence-corrected chi connectivity index (χ0v) is 21.7. The first-order valence-corrected chi connectivity index (χ1v) is 12.8. The molecule has 1 aliphatic carbocycles. The summed E-state index contributed by atoms with van der Waals surface area (Å²) in [6.45, 7) is 7.72. The van der Waals surface area contributed by atoms with Gasteiger partial charge in [0.25, 0.3) is 0 Å². The standard InChI is InChI=1S/C27H40N2O7/c1-5-36-24(34)27(35,28-18(2)22(31)29-13-9-12-21(29)23(32)33)15-20(30)14-26(16-25(3,4)17-26)19-10-7-6-8-11-19/h6-8,10-11,18,20-21,28,30,35H,5,9,12-17H2,1-4H3,(H,32,33)/t18-,20?,21-,27?/m0/s1. The van der Waals surface area contributed by atoms with E-state index in [1.54, 1.807) is 6.92 Å². The van der Waals surface area contributed by atoms with Gasteiger partial charge in [-0.05, 0) is 62.3 Å². The second-order valence-electron chi connectivity index (χ2n) is 11.2. The zero-order valence-electron chi connectivity index (χ0n) is 21.7. The molecule has 200 valence electrons. The van der Waals surface area contributed by atoms with Crippen LogP contribution in [-0.2, 0) is 24.5 Å². The first kappa shape index (κ1) is 28.1. The molecule has 2 fully saturated rings. The van der Waals surface area contributed by atoms with Crippen LogP contribution < -0.4 is 5.32 Å². The lowest BCUT2D eigenvalue weighted by Gasteiger charge is -2.55. The van der Waals surface area contributed by atoms with Gasteiger partial charge in [-0.1, -0.05) is 44.2 Å². The van der Waals surface area contributed by atoms with Gasteiger partial charge in [0.2, 0.25) is 11.6 Å². The number of benzene rings is 1. The molecule has 4 N–H and O–H groups in total. The summed E-state index contributed by atoms with van der Waals surface area (Å²) in [5.74, 6) is -2.60. The largest absolute Gasteiger partial charge is 0.480 e. The lowest BCUT2D eigenvalue weighted by Crippen LogP contribution is -2.62.